The first kappa shape index (κ1) is 22.1. The van der Waals surface area contributed by atoms with Crippen LogP contribution in [0.15, 0.2) is 41.4 Å². The number of carbonyl (C=O) groups is 3. The summed E-state index contributed by atoms with van der Waals surface area (Å²) >= 11 is 1.34. The maximum Gasteiger partial charge on any atom is 0.289 e. The van der Waals surface area contributed by atoms with Gasteiger partial charge in [0.2, 0.25) is 21.7 Å². The van der Waals surface area contributed by atoms with Crippen LogP contribution in [0, 0.1) is 5.92 Å². The van der Waals surface area contributed by atoms with Gasteiger partial charge in [0.1, 0.15) is 12.1 Å². The predicted molar refractivity (Wildman–Crippen MR) is 110 cm³/mol. The Hall–Kier alpha value is -2.63. The molecule has 0 aliphatic carbocycles. The smallest absolute Gasteiger partial charge is 0.289 e. The first-order valence-electron chi connectivity index (χ1n) is 9.31. The average Bonchev–Trinajstić information content (AvgIpc) is 3.17. The van der Waals surface area contributed by atoms with Gasteiger partial charge in [-0.15, -0.1) is 11.3 Å². The lowest BCUT2D eigenvalue weighted by Crippen LogP contribution is -2.55. The van der Waals surface area contributed by atoms with Crippen LogP contribution in [-0.4, -0.2) is 43.1 Å². The van der Waals surface area contributed by atoms with Gasteiger partial charge in [0.15, 0.2) is 0 Å². The van der Waals surface area contributed by atoms with E-state index in [0.29, 0.717) is 5.01 Å². The van der Waals surface area contributed by atoms with E-state index >= 15 is 0 Å². The van der Waals surface area contributed by atoms with Crippen molar-refractivity contribution in [3.63, 3.8) is 0 Å². The van der Waals surface area contributed by atoms with Gasteiger partial charge in [-0.2, -0.15) is 4.72 Å². The Morgan fingerprint density at radius 1 is 1.23 bits per heavy atom. The molecule has 2 bridgehead atoms. The highest BCUT2D eigenvalue weighted by atomic mass is 32.2. The number of aromatic nitrogens is 1. The van der Waals surface area contributed by atoms with E-state index in [1.807, 2.05) is 0 Å². The van der Waals surface area contributed by atoms with Crippen molar-refractivity contribution in [1.29, 1.82) is 0 Å². The van der Waals surface area contributed by atoms with E-state index in [0.717, 1.165) is 4.88 Å². The van der Waals surface area contributed by atoms with Gasteiger partial charge in [-0.3, -0.25) is 14.4 Å². The Balaban J connectivity index is 1.80. The Bertz CT molecular complexity index is 1050. The third kappa shape index (κ3) is 5.10. The second-order valence-corrected chi connectivity index (χ2v) is 10.1. The molecule has 2 heterocycles. The molecule has 0 fully saturated rings. The number of sulfonamides is 1. The van der Waals surface area contributed by atoms with Crippen LogP contribution < -0.4 is 15.4 Å². The average molecular weight is 451 g/mol. The van der Waals surface area contributed by atoms with Crippen molar-refractivity contribution >= 4 is 39.0 Å². The predicted octanol–water partition coefficient (Wildman–Crippen LogP) is 0.372. The van der Waals surface area contributed by atoms with Crippen LogP contribution in [0.4, 0.5) is 0 Å². The van der Waals surface area contributed by atoms with E-state index in [1.165, 1.54) is 23.5 Å². The summed E-state index contributed by atoms with van der Waals surface area (Å²) in [5, 5.41) is 5.65. The number of fused-ring (bicyclic) bond motifs is 2. The van der Waals surface area contributed by atoms with E-state index < -0.39 is 45.6 Å². The monoisotopic (exact) mass is 450 g/mol. The third-order valence-electron chi connectivity index (χ3n) is 4.54. The minimum absolute atomic E-state index is 0.0247. The maximum atomic E-state index is 12.9. The summed E-state index contributed by atoms with van der Waals surface area (Å²) in [6, 6.07) is 5.41. The minimum Gasteiger partial charge on any atom is -0.344 e. The number of rotatable bonds is 6. The molecule has 3 N–H and O–H groups in total. The van der Waals surface area contributed by atoms with Crippen LogP contribution in [0.25, 0.3) is 0 Å². The molecule has 1 aliphatic heterocycles. The van der Waals surface area contributed by atoms with Crippen molar-refractivity contribution in [2.45, 2.75) is 43.8 Å². The van der Waals surface area contributed by atoms with Gasteiger partial charge >= 0.3 is 0 Å². The van der Waals surface area contributed by atoms with Crippen molar-refractivity contribution in [3.05, 3.63) is 46.4 Å². The van der Waals surface area contributed by atoms with Crippen LogP contribution in [0.2, 0.25) is 0 Å². The standard InChI is InChI=1S/C19H22N4O5S2/c1-11(2)16(23-30(27,28)13-6-4-3-5-7-13)18(25)22-14-8-15-20-9-12(29-15)10-21-19(26)17(14)24/h3-7,9,11,14,16,23H,8,10H2,1-2H3,(H,21,26)(H,22,25). The number of ketones is 1. The summed E-state index contributed by atoms with van der Waals surface area (Å²) in [5.41, 5.74) is 0. The Morgan fingerprint density at radius 2 is 1.93 bits per heavy atom. The zero-order chi connectivity index (χ0) is 21.9. The molecule has 2 unspecified atom stereocenters. The Morgan fingerprint density at radius 3 is 2.60 bits per heavy atom. The molecule has 0 saturated heterocycles. The van der Waals surface area contributed by atoms with Gasteiger partial charge in [0.05, 0.1) is 16.4 Å². The summed E-state index contributed by atoms with van der Waals surface area (Å²) in [4.78, 5) is 42.6. The number of hydrogen-bond donors (Lipinski definition) is 3. The molecule has 1 aliphatic rings. The second-order valence-electron chi connectivity index (χ2n) is 7.19. The first-order chi connectivity index (χ1) is 14.2. The molecule has 30 heavy (non-hydrogen) atoms. The molecular formula is C19H22N4O5S2. The topological polar surface area (TPSA) is 134 Å². The number of carbonyl (C=O) groups excluding carboxylic acids is 3. The molecule has 9 nitrogen and oxygen atoms in total. The van der Waals surface area contributed by atoms with E-state index in [2.05, 4.69) is 20.3 Å². The molecule has 1 aromatic carbocycles. The normalized spacial score (nSPS) is 18.2. The van der Waals surface area contributed by atoms with Gasteiger partial charge in [0.25, 0.3) is 5.91 Å². The Labute approximate surface area is 178 Å². The summed E-state index contributed by atoms with van der Waals surface area (Å²) in [5.74, 6) is -2.70. The fraction of sp³-hybridized carbons (Fsp3) is 0.368. The van der Waals surface area contributed by atoms with Crippen LogP contribution in [0.3, 0.4) is 0 Å². The molecule has 11 heteroatoms. The lowest BCUT2D eigenvalue weighted by Gasteiger charge is -2.24. The van der Waals surface area contributed by atoms with Crippen molar-refractivity contribution in [2.75, 3.05) is 0 Å². The highest BCUT2D eigenvalue weighted by molar-refractivity contribution is 7.89. The van der Waals surface area contributed by atoms with Gasteiger partial charge in [0, 0.05) is 17.5 Å². The van der Waals surface area contributed by atoms with Crippen molar-refractivity contribution < 1.29 is 22.8 Å². The van der Waals surface area contributed by atoms with Crippen LogP contribution >= 0.6 is 11.3 Å². The number of amides is 2. The quantitative estimate of drug-likeness (QED) is 0.545. The van der Waals surface area contributed by atoms with Crippen molar-refractivity contribution in [1.82, 2.24) is 20.3 Å². The van der Waals surface area contributed by atoms with Gasteiger partial charge in [-0.05, 0) is 18.1 Å². The lowest BCUT2D eigenvalue weighted by molar-refractivity contribution is -0.140. The number of thiazole rings is 1. The third-order valence-corrected chi connectivity index (χ3v) is 7.02. The first-order valence-corrected chi connectivity index (χ1v) is 11.6. The maximum absolute atomic E-state index is 12.9. The molecule has 160 valence electrons. The summed E-state index contributed by atoms with van der Waals surface area (Å²) < 4.78 is 27.7. The fourth-order valence-corrected chi connectivity index (χ4v) is 5.18. The zero-order valence-electron chi connectivity index (χ0n) is 16.4. The fourth-order valence-electron chi connectivity index (χ4n) is 2.91. The molecule has 2 aromatic rings. The number of nitrogens with one attached hydrogen (secondary N) is 3. The molecule has 0 saturated carbocycles. The highest BCUT2D eigenvalue weighted by Gasteiger charge is 2.34. The highest BCUT2D eigenvalue weighted by Crippen LogP contribution is 2.17. The number of Topliss-reactive ketones (excluding diaryl/α,β-unsaturated/α-hetero) is 1. The van der Waals surface area contributed by atoms with E-state index in [-0.39, 0.29) is 17.9 Å². The lowest BCUT2D eigenvalue weighted by atomic mass is 10.0. The van der Waals surface area contributed by atoms with Gasteiger partial charge in [-0.25, -0.2) is 13.4 Å². The van der Waals surface area contributed by atoms with Crippen LogP contribution in [0.1, 0.15) is 23.7 Å². The van der Waals surface area contributed by atoms with Crippen molar-refractivity contribution in [3.8, 4) is 0 Å². The molecular weight excluding hydrogens is 428 g/mol. The molecule has 3 rings (SSSR count). The zero-order valence-corrected chi connectivity index (χ0v) is 18.0. The van der Waals surface area contributed by atoms with E-state index in [4.69, 9.17) is 0 Å². The summed E-state index contributed by atoms with van der Waals surface area (Å²) in [6.07, 6.45) is 1.67. The van der Waals surface area contributed by atoms with E-state index in [1.54, 1.807) is 38.2 Å². The van der Waals surface area contributed by atoms with Crippen molar-refractivity contribution in [2.24, 2.45) is 5.92 Å². The molecule has 0 radical (unpaired) electrons. The van der Waals surface area contributed by atoms with Crippen LogP contribution in [-0.2, 0) is 37.4 Å². The van der Waals surface area contributed by atoms with Crippen LogP contribution in [0.5, 0.6) is 0 Å². The second kappa shape index (κ2) is 9.02. The summed E-state index contributed by atoms with van der Waals surface area (Å²) in [7, 11) is -3.95. The minimum atomic E-state index is -3.95. The molecule has 2 atom stereocenters. The summed E-state index contributed by atoms with van der Waals surface area (Å²) in [6.45, 7) is 3.56. The van der Waals surface area contributed by atoms with Gasteiger partial charge < -0.3 is 10.6 Å². The largest absolute Gasteiger partial charge is 0.344 e. The number of nitrogens with zero attached hydrogens (tertiary/aromatic N) is 1. The van der Waals surface area contributed by atoms with Gasteiger partial charge in [-0.1, -0.05) is 32.0 Å². The molecule has 2 amide bonds. The number of benzene rings is 1. The molecule has 0 spiro atoms. The SMILES string of the molecule is CC(C)C(NS(=O)(=O)c1ccccc1)C(=O)NC1Cc2ncc(s2)CNC(=O)C1=O. The number of hydrogen-bond acceptors (Lipinski definition) is 7. The molecule has 1 aromatic heterocycles. The van der Waals surface area contributed by atoms with E-state index in [9.17, 15) is 22.8 Å². The Kier molecular flexibility index (Phi) is 6.64.